The summed E-state index contributed by atoms with van der Waals surface area (Å²) in [5.41, 5.74) is 2.92. The third-order valence-electron chi connectivity index (χ3n) is 5.64. The van der Waals surface area contributed by atoms with E-state index >= 15 is 0 Å². The second-order valence-electron chi connectivity index (χ2n) is 7.09. The Kier molecular flexibility index (Phi) is 3.90. The summed E-state index contributed by atoms with van der Waals surface area (Å²) < 4.78 is 0. The first-order valence-electron chi connectivity index (χ1n) is 8.96. The van der Waals surface area contributed by atoms with Crippen molar-refractivity contribution in [3.8, 4) is 0 Å². The highest BCUT2D eigenvalue weighted by atomic mass is 35.5. The number of benzene rings is 1. The zero-order valence-corrected chi connectivity index (χ0v) is 15.2. The fourth-order valence-corrected chi connectivity index (χ4v) is 4.56. The molecule has 1 N–H and O–H groups in total. The predicted octanol–water partition coefficient (Wildman–Crippen LogP) is 3.21. The number of aromatic nitrogens is 1. The molecule has 2 fully saturated rings. The molecular weight excluding hydrogens is 362 g/mol. The number of amides is 1. The summed E-state index contributed by atoms with van der Waals surface area (Å²) in [6.07, 6.45) is 7.08. The Bertz CT molecular complexity index is 942. The molecule has 1 amide bonds. The maximum Gasteiger partial charge on any atom is 0.239 e. The van der Waals surface area contributed by atoms with Gasteiger partial charge in [-0.15, -0.1) is 0 Å². The van der Waals surface area contributed by atoms with E-state index in [9.17, 15) is 9.90 Å². The lowest BCUT2D eigenvalue weighted by Crippen LogP contribution is -2.60. The van der Waals surface area contributed by atoms with Crippen molar-refractivity contribution in [3.05, 3.63) is 88.9 Å². The van der Waals surface area contributed by atoms with Crippen LogP contribution in [0.2, 0.25) is 5.15 Å². The third kappa shape index (κ3) is 2.54. The van der Waals surface area contributed by atoms with Crippen molar-refractivity contribution in [1.82, 2.24) is 14.8 Å². The van der Waals surface area contributed by atoms with E-state index < -0.39 is 12.1 Å². The van der Waals surface area contributed by atoms with Crippen LogP contribution in [0.3, 0.4) is 0 Å². The summed E-state index contributed by atoms with van der Waals surface area (Å²) in [4.78, 5) is 21.2. The number of nitrogens with zero attached hydrogens (tertiary/aromatic N) is 3. The van der Waals surface area contributed by atoms with Gasteiger partial charge in [-0.1, -0.05) is 54.1 Å². The summed E-state index contributed by atoms with van der Waals surface area (Å²) in [7, 11) is 0. The molecule has 5 rings (SSSR count). The molecule has 0 aliphatic carbocycles. The summed E-state index contributed by atoms with van der Waals surface area (Å²) in [6.45, 7) is 0. The van der Waals surface area contributed by atoms with Crippen molar-refractivity contribution < 1.29 is 9.90 Å². The second-order valence-corrected chi connectivity index (χ2v) is 7.47. The molecule has 1 aromatic heterocycles. The molecule has 0 radical (unpaired) electrons. The van der Waals surface area contributed by atoms with Gasteiger partial charge in [0.1, 0.15) is 23.5 Å². The van der Waals surface area contributed by atoms with Gasteiger partial charge in [0.2, 0.25) is 5.91 Å². The number of aliphatic hydroxyl groups excluding tert-OH is 1. The molecule has 2 saturated heterocycles. The van der Waals surface area contributed by atoms with Crippen LogP contribution in [0.1, 0.15) is 29.5 Å². The average Bonchev–Trinajstić information content (AvgIpc) is 3.08. The topological polar surface area (TPSA) is 56.7 Å². The van der Waals surface area contributed by atoms with Crippen LogP contribution in [0.15, 0.2) is 72.6 Å². The summed E-state index contributed by atoms with van der Waals surface area (Å²) >= 11 is 5.95. The molecule has 0 saturated carbocycles. The van der Waals surface area contributed by atoms with Crippen LogP contribution < -0.4 is 0 Å². The molecule has 1 aromatic carbocycles. The zero-order chi connectivity index (χ0) is 18.5. The number of pyridine rings is 1. The summed E-state index contributed by atoms with van der Waals surface area (Å²) in [5.74, 6) is -0.709. The highest BCUT2D eigenvalue weighted by Gasteiger charge is 2.54. The van der Waals surface area contributed by atoms with Crippen LogP contribution in [0.5, 0.6) is 0 Å². The number of aliphatic hydroxyl groups is 1. The van der Waals surface area contributed by atoms with E-state index in [1.54, 1.807) is 17.2 Å². The Morgan fingerprint density at radius 1 is 1.11 bits per heavy atom. The lowest BCUT2D eigenvalue weighted by Gasteiger charge is -2.48. The Morgan fingerprint density at radius 3 is 2.67 bits per heavy atom. The lowest BCUT2D eigenvalue weighted by molar-refractivity contribution is -0.161. The maximum atomic E-state index is 13.2. The van der Waals surface area contributed by atoms with Gasteiger partial charge in [0.25, 0.3) is 0 Å². The van der Waals surface area contributed by atoms with Crippen molar-refractivity contribution in [2.45, 2.75) is 30.8 Å². The monoisotopic (exact) mass is 379 g/mol. The molecule has 4 heterocycles. The van der Waals surface area contributed by atoms with Crippen LogP contribution in [0, 0.1) is 0 Å². The van der Waals surface area contributed by atoms with Crippen LogP contribution in [0.25, 0.3) is 0 Å². The van der Waals surface area contributed by atoms with Gasteiger partial charge >= 0.3 is 0 Å². The lowest BCUT2D eigenvalue weighted by atomic mass is 9.91. The fourth-order valence-electron chi connectivity index (χ4n) is 4.45. The van der Waals surface area contributed by atoms with Gasteiger partial charge in [-0.2, -0.15) is 0 Å². The Balaban J connectivity index is 1.60. The first-order valence-corrected chi connectivity index (χ1v) is 9.34. The van der Waals surface area contributed by atoms with E-state index in [2.05, 4.69) is 4.98 Å². The highest BCUT2D eigenvalue weighted by molar-refractivity contribution is 6.29. The van der Waals surface area contributed by atoms with Crippen LogP contribution >= 0.6 is 11.6 Å². The number of carbonyl (C=O) groups excluding carboxylic acids is 1. The third-order valence-corrected chi connectivity index (χ3v) is 5.86. The number of rotatable bonds is 2. The van der Waals surface area contributed by atoms with E-state index in [1.807, 2.05) is 59.7 Å². The smallest absolute Gasteiger partial charge is 0.239 e. The zero-order valence-electron chi connectivity index (χ0n) is 14.4. The minimum atomic E-state index is -0.917. The molecule has 0 spiro atoms. The first-order chi connectivity index (χ1) is 13.1. The molecule has 5 nitrogen and oxygen atoms in total. The van der Waals surface area contributed by atoms with Gasteiger partial charge in [-0.25, -0.2) is 9.88 Å². The molecule has 27 heavy (non-hydrogen) atoms. The Morgan fingerprint density at radius 2 is 1.93 bits per heavy atom. The van der Waals surface area contributed by atoms with Crippen LogP contribution in [-0.4, -0.2) is 38.2 Å². The number of allylic oxidation sites excluding steroid dienone is 2. The van der Waals surface area contributed by atoms with Crippen molar-refractivity contribution in [3.63, 3.8) is 0 Å². The predicted molar refractivity (Wildman–Crippen MR) is 101 cm³/mol. The van der Waals surface area contributed by atoms with Gasteiger partial charge in [0.05, 0.1) is 0 Å². The van der Waals surface area contributed by atoms with E-state index in [1.165, 1.54) is 0 Å². The van der Waals surface area contributed by atoms with Gasteiger partial charge in [0, 0.05) is 18.4 Å². The van der Waals surface area contributed by atoms with E-state index in [-0.39, 0.29) is 18.1 Å². The van der Waals surface area contributed by atoms with Gasteiger partial charge in [-0.05, 0) is 35.3 Å². The molecule has 2 aromatic rings. The Hall–Kier alpha value is -2.47. The molecule has 4 unspecified atom stereocenters. The van der Waals surface area contributed by atoms with E-state index in [0.717, 1.165) is 23.1 Å². The molecule has 4 atom stereocenters. The van der Waals surface area contributed by atoms with Crippen molar-refractivity contribution >= 4 is 17.5 Å². The summed E-state index contributed by atoms with van der Waals surface area (Å²) in [5, 5.41) is 11.7. The van der Waals surface area contributed by atoms with Gasteiger partial charge in [0.15, 0.2) is 0 Å². The largest absolute Gasteiger partial charge is 0.377 e. The average molecular weight is 380 g/mol. The number of halogens is 1. The number of hydrogen-bond acceptors (Lipinski definition) is 4. The number of carbonyl (C=O) groups is 1. The standard InChI is InChI=1S/C21H18ClN3O2/c22-17-9-8-15(12-23-17)16-11-14-7-4-10-24-19(14)25(16)21(27)18(20(24)26)13-5-2-1-3-6-13/h1-10,12,16,18-19,21,27H,11H2. The van der Waals surface area contributed by atoms with Gasteiger partial charge in [-0.3, -0.25) is 9.69 Å². The van der Waals surface area contributed by atoms with Crippen molar-refractivity contribution in [2.75, 3.05) is 0 Å². The second kappa shape index (κ2) is 6.30. The van der Waals surface area contributed by atoms with E-state index in [0.29, 0.717) is 5.15 Å². The van der Waals surface area contributed by atoms with Crippen molar-refractivity contribution in [1.29, 1.82) is 0 Å². The molecule has 3 aliphatic heterocycles. The van der Waals surface area contributed by atoms with Crippen LogP contribution in [-0.2, 0) is 4.79 Å². The molecule has 136 valence electrons. The summed E-state index contributed by atoms with van der Waals surface area (Å²) in [6, 6.07) is 13.1. The van der Waals surface area contributed by atoms with Crippen molar-refractivity contribution in [2.24, 2.45) is 0 Å². The molecule has 3 aliphatic rings. The minimum Gasteiger partial charge on any atom is -0.377 e. The van der Waals surface area contributed by atoms with E-state index in [4.69, 9.17) is 11.6 Å². The maximum absolute atomic E-state index is 13.2. The first kappa shape index (κ1) is 16.7. The normalized spacial score (nSPS) is 29.6. The molecule has 6 heteroatoms. The Labute approximate surface area is 162 Å². The SMILES string of the molecule is O=C1C(c2ccccc2)C(O)N2C(c3ccc(Cl)nc3)CC3=CC=CN1C32. The minimum absolute atomic E-state index is 0.0669. The van der Waals surface area contributed by atoms with Gasteiger partial charge < -0.3 is 5.11 Å². The molecular formula is C21H18ClN3O2. The fraction of sp³-hybridized carbons (Fsp3) is 0.238. The quantitative estimate of drug-likeness (QED) is 0.814. The van der Waals surface area contributed by atoms with Crippen LogP contribution in [0.4, 0.5) is 0 Å². The number of hydrogen-bond donors (Lipinski definition) is 1. The molecule has 0 bridgehead atoms. The highest BCUT2D eigenvalue weighted by Crippen LogP contribution is 2.49.